The zero-order chi connectivity index (χ0) is 25.7. The molecule has 1 saturated carbocycles. The number of rotatable bonds is 16. The van der Waals surface area contributed by atoms with Crippen LogP contribution in [0.25, 0.3) is 0 Å². The Morgan fingerprint density at radius 1 is 0.647 bits per heavy atom. The molecule has 196 valence electrons. The van der Waals surface area contributed by atoms with E-state index in [1.807, 2.05) is 0 Å². The molecule has 0 heterocycles. The lowest BCUT2D eigenvalue weighted by Crippen LogP contribution is -2.59. The fraction of sp³-hybridized carbons (Fsp3) is 0.800. The average Bonchev–Trinajstić information content (AvgIpc) is 2.79. The monoisotopic (exact) mass is 492 g/mol. The van der Waals surface area contributed by atoms with E-state index in [4.69, 9.17) is 0 Å². The summed E-state index contributed by atoms with van der Waals surface area (Å²) in [5.41, 5.74) is 0. The van der Waals surface area contributed by atoms with Crippen molar-refractivity contribution in [3.8, 4) is 0 Å². The lowest BCUT2D eigenvalue weighted by Gasteiger charge is -2.44. The van der Waals surface area contributed by atoms with Gasteiger partial charge in [0.25, 0.3) is 0 Å². The molecule has 0 aromatic rings. The molecule has 2 unspecified atom stereocenters. The van der Waals surface area contributed by atoms with Gasteiger partial charge in [-0.3, -0.25) is 29.0 Å². The minimum absolute atomic E-state index is 0.367. The molecule has 14 nitrogen and oxygen atoms in total. The molecule has 2 amide bonds. The van der Waals surface area contributed by atoms with Crippen molar-refractivity contribution in [2.45, 2.75) is 49.9 Å². The van der Waals surface area contributed by atoms with Crippen molar-refractivity contribution >= 4 is 23.8 Å². The van der Waals surface area contributed by atoms with Crippen molar-refractivity contribution in [2.75, 3.05) is 52.6 Å². The summed E-state index contributed by atoms with van der Waals surface area (Å²) in [6.45, 7) is -3.77. The van der Waals surface area contributed by atoms with E-state index in [9.17, 15) is 49.8 Å². The number of carboxylic acids is 2. The van der Waals surface area contributed by atoms with Crippen molar-refractivity contribution < 1.29 is 49.8 Å². The first-order valence-electron chi connectivity index (χ1n) is 11.1. The van der Waals surface area contributed by atoms with E-state index in [2.05, 4.69) is 10.6 Å². The first-order chi connectivity index (χ1) is 16.1. The SMILES string of the molecule is O=C(O)CN(CC(=O)NC(CO)CO)C1CCCCC1N(CC(=O)O)CC(=O)NC(CO)CO. The molecule has 2 atom stereocenters. The van der Waals surface area contributed by atoms with Crippen LogP contribution in [-0.2, 0) is 19.2 Å². The second-order valence-electron chi connectivity index (χ2n) is 8.28. The number of hydrogen-bond acceptors (Lipinski definition) is 10. The van der Waals surface area contributed by atoms with E-state index >= 15 is 0 Å². The third-order valence-electron chi connectivity index (χ3n) is 5.61. The number of carbonyl (C=O) groups excluding carboxylic acids is 2. The molecular formula is C20H36N4O10. The van der Waals surface area contributed by atoms with Gasteiger partial charge < -0.3 is 41.3 Å². The zero-order valence-electron chi connectivity index (χ0n) is 19.0. The number of amides is 2. The standard InChI is InChI=1S/C20H36N4O10/c25-9-13(10-26)21-17(29)5-23(7-19(31)32)15-3-1-2-4-16(15)24(8-20(33)34)6-18(30)22-14(11-27)12-28/h13-16,25-28H,1-12H2,(H,21,29)(H,22,30)(H,31,32)(H,33,34). The van der Waals surface area contributed by atoms with Crippen LogP contribution in [0.4, 0.5) is 0 Å². The predicted molar refractivity (Wildman–Crippen MR) is 117 cm³/mol. The molecule has 0 aliphatic heterocycles. The zero-order valence-corrected chi connectivity index (χ0v) is 19.0. The summed E-state index contributed by atoms with van der Waals surface area (Å²) in [5.74, 6) is -3.63. The largest absolute Gasteiger partial charge is 0.480 e. The highest BCUT2D eigenvalue weighted by Gasteiger charge is 2.37. The van der Waals surface area contributed by atoms with E-state index in [1.165, 1.54) is 9.80 Å². The topological polar surface area (TPSA) is 220 Å². The van der Waals surface area contributed by atoms with Crippen LogP contribution in [0.15, 0.2) is 0 Å². The molecule has 8 N–H and O–H groups in total. The maximum absolute atomic E-state index is 12.4. The third kappa shape index (κ3) is 10.3. The molecule has 0 aromatic heterocycles. The number of carboxylic acid groups (broad SMARTS) is 2. The van der Waals surface area contributed by atoms with Crippen LogP contribution in [0.2, 0.25) is 0 Å². The second-order valence-corrected chi connectivity index (χ2v) is 8.28. The Bertz CT molecular complexity index is 616. The molecule has 0 spiro atoms. The summed E-state index contributed by atoms with van der Waals surface area (Å²) in [4.78, 5) is 50.7. The summed E-state index contributed by atoms with van der Waals surface area (Å²) in [6.07, 6.45) is 2.34. The van der Waals surface area contributed by atoms with Gasteiger partial charge in [0.1, 0.15) is 0 Å². The smallest absolute Gasteiger partial charge is 0.317 e. The van der Waals surface area contributed by atoms with Crippen LogP contribution >= 0.6 is 0 Å². The number of aliphatic hydroxyl groups is 4. The molecule has 0 saturated heterocycles. The van der Waals surface area contributed by atoms with Crippen molar-refractivity contribution in [1.29, 1.82) is 0 Å². The van der Waals surface area contributed by atoms with E-state index in [0.29, 0.717) is 25.7 Å². The van der Waals surface area contributed by atoms with Crippen LogP contribution in [-0.4, -0.2) is 141 Å². The van der Waals surface area contributed by atoms with Crippen LogP contribution in [0, 0.1) is 0 Å². The third-order valence-corrected chi connectivity index (χ3v) is 5.61. The highest BCUT2D eigenvalue weighted by molar-refractivity contribution is 5.80. The average molecular weight is 493 g/mol. The highest BCUT2D eigenvalue weighted by Crippen LogP contribution is 2.27. The van der Waals surface area contributed by atoms with Crippen molar-refractivity contribution in [2.24, 2.45) is 0 Å². The minimum atomic E-state index is -1.20. The molecule has 1 aliphatic rings. The molecule has 0 bridgehead atoms. The summed E-state index contributed by atoms with van der Waals surface area (Å²) in [7, 11) is 0. The molecule has 0 radical (unpaired) electrons. The van der Waals surface area contributed by atoms with E-state index in [1.54, 1.807) is 0 Å². The fourth-order valence-corrected chi connectivity index (χ4v) is 4.09. The summed E-state index contributed by atoms with van der Waals surface area (Å²) >= 11 is 0. The minimum Gasteiger partial charge on any atom is -0.480 e. The fourth-order valence-electron chi connectivity index (χ4n) is 4.09. The Labute approximate surface area is 197 Å². The first kappa shape index (κ1) is 29.7. The quantitative estimate of drug-likeness (QED) is 0.103. The number of nitrogens with zero attached hydrogens (tertiary/aromatic N) is 2. The predicted octanol–water partition coefficient (Wildman–Crippen LogP) is -3.99. The highest BCUT2D eigenvalue weighted by atomic mass is 16.4. The maximum atomic E-state index is 12.4. The maximum Gasteiger partial charge on any atom is 0.317 e. The second kappa shape index (κ2) is 15.5. The number of hydrogen-bond donors (Lipinski definition) is 8. The summed E-state index contributed by atoms with van der Waals surface area (Å²) in [6, 6.07) is -2.93. The Kier molecular flexibility index (Phi) is 13.5. The van der Waals surface area contributed by atoms with Gasteiger partial charge in [0.2, 0.25) is 11.8 Å². The Morgan fingerprint density at radius 3 is 1.24 bits per heavy atom. The van der Waals surface area contributed by atoms with Gasteiger partial charge in [-0.15, -0.1) is 0 Å². The van der Waals surface area contributed by atoms with Crippen LogP contribution in [0.3, 0.4) is 0 Å². The lowest BCUT2D eigenvalue weighted by molar-refractivity contribution is -0.144. The van der Waals surface area contributed by atoms with Crippen molar-refractivity contribution in [1.82, 2.24) is 20.4 Å². The van der Waals surface area contributed by atoms with Gasteiger partial charge in [0.15, 0.2) is 0 Å². The molecule has 1 aliphatic carbocycles. The van der Waals surface area contributed by atoms with Crippen molar-refractivity contribution in [3.63, 3.8) is 0 Å². The molecule has 1 rings (SSSR count). The molecular weight excluding hydrogens is 456 g/mol. The number of nitrogens with one attached hydrogen (secondary N) is 2. The number of aliphatic carboxylic acids is 2. The van der Waals surface area contributed by atoms with E-state index < -0.39 is 87.4 Å². The van der Waals surface area contributed by atoms with E-state index in [0.717, 1.165) is 0 Å². The molecule has 0 aromatic carbocycles. The van der Waals surface area contributed by atoms with Gasteiger partial charge >= 0.3 is 11.9 Å². The van der Waals surface area contributed by atoms with E-state index in [-0.39, 0.29) is 13.1 Å². The van der Waals surface area contributed by atoms with Gasteiger partial charge in [0, 0.05) is 12.1 Å². The van der Waals surface area contributed by atoms with Gasteiger partial charge in [0.05, 0.1) is 64.7 Å². The van der Waals surface area contributed by atoms with Gasteiger partial charge in [-0.2, -0.15) is 0 Å². The Balaban J connectivity index is 3.10. The summed E-state index contributed by atoms with van der Waals surface area (Å²) < 4.78 is 0. The van der Waals surface area contributed by atoms with Crippen LogP contribution < -0.4 is 10.6 Å². The lowest BCUT2D eigenvalue weighted by atomic mass is 9.87. The van der Waals surface area contributed by atoms with Crippen LogP contribution in [0.5, 0.6) is 0 Å². The molecule has 14 heteroatoms. The Hall–Kier alpha value is -2.36. The number of aliphatic hydroxyl groups excluding tert-OH is 4. The Morgan fingerprint density at radius 2 is 0.971 bits per heavy atom. The number of carbonyl (C=O) groups is 4. The van der Waals surface area contributed by atoms with Crippen molar-refractivity contribution in [3.05, 3.63) is 0 Å². The van der Waals surface area contributed by atoms with Gasteiger partial charge in [-0.25, -0.2) is 0 Å². The first-order valence-corrected chi connectivity index (χ1v) is 11.1. The van der Waals surface area contributed by atoms with Gasteiger partial charge in [-0.1, -0.05) is 12.8 Å². The molecule has 1 fully saturated rings. The van der Waals surface area contributed by atoms with Crippen LogP contribution in [0.1, 0.15) is 25.7 Å². The summed E-state index contributed by atoms with van der Waals surface area (Å²) in [5, 5.41) is 60.3. The molecule has 34 heavy (non-hydrogen) atoms. The normalized spacial score (nSPS) is 18.5. The van der Waals surface area contributed by atoms with Gasteiger partial charge in [-0.05, 0) is 12.8 Å².